The van der Waals surface area contributed by atoms with Gasteiger partial charge >= 0.3 is 5.97 Å². The van der Waals surface area contributed by atoms with Gasteiger partial charge in [-0.05, 0) is 31.4 Å². The van der Waals surface area contributed by atoms with Crippen molar-refractivity contribution in [1.82, 2.24) is 0 Å². The van der Waals surface area contributed by atoms with Crippen molar-refractivity contribution >= 4 is 17.6 Å². The summed E-state index contributed by atoms with van der Waals surface area (Å²) in [7, 11) is 0. The number of hydrogen-bond donors (Lipinski definition) is 2. The minimum Gasteiger partial charge on any atom is -0.491 e. The van der Waals surface area contributed by atoms with Gasteiger partial charge in [0.1, 0.15) is 5.75 Å². The molecule has 2 N–H and O–H groups in total. The van der Waals surface area contributed by atoms with Crippen LogP contribution in [0.3, 0.4) is 0 Å². The lowest BCUT2D eigenvalue weighted by atomic mass is 10.1. The van der Waals surface area contributed by atoms with Crippen LogP contribution in [0.25, 0.3) is 0 Å². The van der Waals surface area contributed by atoms with Gasteiger partial charge in [-0.2, -0.15) is 0 Å². The number of carbonyl (C=O) groups is 2. The van der Waals surface area contributed by atoms with Crippen molar-refractivity contribution in [3.63, 3.8) is 0 Å². The van der Waals surface area contributed by atoms with Gasteiger partial charge in [-0.15, -0.1) is 0 Å². The van der Waals surface area contributed by atoms with Crippen LogP contribution in [0.1, 0.15) is 96.8 Å². The van der Waals surface area contributed by atoms with Crippen molar-refractivity contribution in [1.29, 1.82) is 0 Å². The average molecular weight is 406 g/mol. The fourth-order valence-corrected chi connectivity index (χ4v) is 3.21. The monoisotopic (exact) mass is 405 g/mol. The Kier molecular flexibility index (Phi) is 14.5. The van der Waals surface area contributed by atoms with Gasteiger partial charge in [0.15, 0.2) is 0 Å². The van der Waals surface area contributed by atoms with Crippen LogP contribution < -0.4 is 10.1 Å². The summed E-state index contributed by atoms with van der Waals surface area (Å²) in [6.45, 7) is 2.80. The molecule has 0 aromatic heterocycles. The number of carboxylic acid groups (broad SMARTS) is 1. The van der Waals surface area contributed by atoms with Crippen LogP contribution in [0.2, 0.25) is 0 Å². The molecule has 0 heterocycles. The Bertz CT molecular complexity index is 574. The summed E-state index contributed by atoms with van der Waals surface area (Å²) in [4.78, 5) is 22.6. The molecule has 0 aliphatic heterocycles. The Hall–Kier alpha value is -2.04. The number of hydrogen-bond acceptors (Lipinski definition) is 3. The van der Waals surface area contributed by atoms with Gasteiger partial charge in [-0.1, -0.05) is 76.8 Å². The molecule has 0 saturated carbocycles. The van der Waals surface area contributed by atoms with Crippen molar-refractivity contribution < 1.29 is 19.4 Å². The number of benzene rings is 1. The van der Waals surface area contributed by atoms with Crippen LogP contribution in [0.15, 0.2) is 24.3 Å². The fraction of sp³-hybridized carbons (Fsp3) is 0.667. The Balaban J connectivity index is 2.03. The van der Waals surface area contributed by atoms with Crippen molar-refractivity contribution in [3.8, 4) is 5.75 Å². The van der Waals surface area contributed by atoms with E-state index in [4.69, 9.17) is 9.84 Å². The lowest BCUT2D eigenvalue weighted by Crippen LogP contribution is -2.12. The molecule has 0 atom stereocenters. The van der Waals surface area contributed by atoms with E-state index in [-0.39, 0.29) is 5.91 Å². The summed E-state index contributed by atoms with van der Waals surface area (Å²) in [6.07, 6.45) is 13.9. The minimum atomic E-state index is -0.691. The molecule has 5 heteroatoms. The predicted molar refractivity (Wildman–Crippen MR) is 119 cm³/mol. The molecular formula is C24H39NO4. The largest absolute Gasteiger partial charge is 0.491 e. The molecule has 5 nitrogen and oxygen atoms in total. The minimum absolute atomic E-state index is 0.0536. The van der Waals surface area contributed by atoms with E-state index >= 15 is 0 Å². The summed E-state index contributed by atoms with van der Waals surface area (Å²) < 4.78 is 5.76. The van der Waals surface area contributed by atoms with Crippen molar-refractivity contribution in [2.75, 3.05) is 11.9 Å². The Labute approximate surface area is 176 Å². The van der Waals surface area contributed by atoms with Crippen molar-refractivity contribution in [2.24, 2.45) is 0 Å². The van der Waals surface area contributed by atoms with Gasteiger partial charge in [0.2, 0.25) is 5.91 Å². The van der Waals surface area contributed by atoms with E-state index in [9.17, 15) is 9.59 Å². The third-order valence-electron chi connectivity index (χ3n) is 4.96. The molecule has 29 heavy (non-hydrogen) atoms. The number of ether oxygens (including phenoxy) is 1. The second-order valence-corrected chi connectivity index (χ2v) is 7.68. The second-order valence-electron chi connectivity index (χ2n) is 7.68. The predicted octanol–water partition coefficient (Wildman–Crippen LogP) is 6.57. The smallest absolute Gasteiger partial charge is 0.303 e. The zero-order chi connectivity index (χ0) is 21.2. The third kappa shape index (κ3) is 13.7. The van der Waals surface area contributed by atoms with Gasteiger partial charge in [-0.3, -0.25) is 9.59 Å². The first kappa shape index (κ1) is 25.0. The Morgan fingerprint density at radius 1 is 0.828 bits per heavy atom. The molecule has 164 valence electrons. The standard InChI is InChI=1S/C24H39NO4/c1-2-3-20-29-22-17-15-14-16-21(22)25-23(26)18-12-10-8-6-4-5-7-9-11-13-19-24(27)28/h14-17H,2-13,18-20H2,1H3,(H,25,26)(H,27,28). The molecule has 0 unspecified atom stereocenters. The van der Waals surface area contributed by atoms with Crippen LogP contribution in [-0.4, -0.2) is 23.6 Å². The van der Waals surface area contributed by atoms with E-state index in [0.29, 0.717) is 19.4 Å². The molecule has 0 bridgehead atoms. The fourth-order valence-electron chi connectivity index (χ4n) is 3.21. The second kappa shape index (κ2) is 16.9. The highest BCUT2D eigenvalue weighted by Gasteiger charge is 2.07. The number of carboxylic acids is 1. The van der Waals surface area contributed by atoms with Crippen LogP contribution in [-0.2, 0) is 9.59 Å². The number of para-hydroxylation sites is 2. The molecule has 0 radical (unpaired) electrons. The molecule has 0 saturated heterocycles. The SMILES string of the molecule is CCCCOc1ccccc1NC(=O)CCCCCCCCCCCCC(=O)O. The summed E-state index contributed by atoms with van der Waals surface area (Å²) >= 11 is 0. The van der Waals surface area contributed by atoms with Crippen LogP contribution in [0.4, 0.5) is 5.69 Å². The van der Waals surface area contributed by atoms with Gasteiger partial charge < -0.3 is 15.2 Å². The van der Waals surface area contributed by atoms with Crippen molar-refractivity contribution in [2.45, 2.75) is 96.8 Å². The maximum atomic E-state index is 12.2. The number of nitrogens with one attached hydrogen (secondary N) is 1. The highest BCUT2D eigenvalue weighted by atomic mass is 16.5. The van der Waals surface area contributed by atoms with E-state index < -0.39 is 5.97 Å². The normalized spacial score (nSPS) is 10.7. The van der Waals surface area contributed by atoms with Gasteiger partial charge in [0, 0.05) is 12.8 Å². The van der Waals surface area contributed by atoms with Gasteiger partial charge in [0.25, 0.3) is 0 Å². The van der Waals surface area contributed by atoms with E-state index in [0.717, 1.165) is 56.4 Å². The molecule has 0 spiro atoms. The summed E-state index contributed by atoms with van der Waals surface area (Å²) in [6, 6.07) is 7.62. The van der Waals surface area contributed by atoms with E-state index in [1.165, 1.54) is 32.1 Å². The van der Waals surface area contributed by atoms with Crippen LogP contribution in [0, 0.1) is 0 Å². The lowest BCUT2D eigenvalue weighted by Gasteiger charge is -2.12. The number of anilines is 1. The van der Waals surface area contributed by atoms with Crippen LogP contribution in [0.5, 0.6) is 5.75 Å². The Morgan fingerprint density at radius 2 is 1.38 bits per heavy atom. The number of carbonyl (C=O) groups excluding carboxylic acids is 1. The molecular weight excluding hydrogens is 366 g/mol. The number of aliphatic carboxylic acids is 1. The highest BCUT2D eigenvalue weighted by Crippen LogP contribution is 2.24. The van der Waals surface area contributed by atoms with E-state index in [1.54, 1.807) is 0 Å². The molecule has 1 amide bonds. The van der Waals surface area contributed by atoms with Gasteiger partial charge in [0.05, 0.1) is 12.3 Å². The van der Waals surface area contributed by atoms with Gasteiger partial charge in [-0.25, -0.2) is 0 Å². The first-order valence-electron chi connectivity index (χ1n) is 11.4. The lowest BCUT2D eigenvalue weighted by molar-refractivity contribution is -0.137. The zero-order valence-corrected chi connectivity index (χ0v) is 18.1. The van der Waals surface area contributed by atoms with E-state index in [1.807, 2.05) is 24.3 Å². The number of unbranched alkanes of at least 4 members (excludes halogenated alkanes) is 10. The van der Waals surface area contributed by atoms with Crippen LogP contribution >= 0.6 is 0 Å². The molecule has 1 aromatic rings. The summed E-state index contributed by atoms with van der Waals surface area (Å²) in [5.74, 6) is 0.110. The first-order chi connectivity index (χ1) is 14.1. The average Bonchev–Trinajstić information content (AvgIpc) is 2.70. The van der Waals surface area contributed by atoms with E-state index in [2.05, 4.69) is 12.2 Å². The summed E-state index contributed by atoms with van der Waals surface area (Å²) in [5, 5.41) is 11.6. The maximum Gasteiger partial charge on any atom is 0.303 e. The van der Waals surface area contributed by atoms with Crippen molar-refractivity contribution in [3.05, 3.63) is 24.3 Å². The molecule has 1 aromatic carbocycles. The number of rotatable bonds is 18. The summed E-state index contributed by atoms with van der Waals surface area (Å²) in [5.41, 5.74) is 0.761. The molecule has 0 aliphatic rings. The number of amides is 1. The quantitative estimate of drug-likeness (QED) is 0.271. The zero-order valence-electron chi connectivity index (χ0n) is 18.1. The first-order valence-corrected chi connectivity index (χ1v) is 11.4. The third-order valence-corrected chi connectivity index (χ3v) is 4.96. The Morgan fingerprint density at radius 3 is 1.97 bits per heavy atom. The topological polar surface area (TPSA) is 75.6 Å². The highest BCUT2D eigenvalue weighted by molar-refractivity contribution is 5.92. The molecule has 1 rings (SSSR count). The molecule has 0 aliphatic carbocycles. The molecule has 0 fully saturated rings. The maximum absolute atomic E-state index is 12.2.